The molecule has 0 bridgehead atoms. The van der Waals surface area contributed by atoms with Gasteiger partial charge in [-0.15, -0.1) is 15.0 Å². The van der Waals surface area contributed by atoms with Gasteiger partial charge in [0, 0.05) is 0 Å². The minimum Gasteiger partial charge on any atom is -0.505 e. The molecule has 0 radical (unpaired) electrons. The van der Waals surface area contributed by atoms with Gasteiger partial charge in [-0.3, -0.25) is 0 Å². The molecule has 4 heteroatoms. The molecule has 0 saturated heterocycles. The molecule has 0 amide bonds. The van der Waals surface area contributed by atoms with Gasteiger partial charge in [-0.1, -0.05) is 60.2 Å². The van der Waals surface area contributed by atoms with Gasteiger partial charge in [-0.2, -0.15) is 0 Å². The largest absolute Gasteiger partial charge is 0.505 e. The van der Waals surface area contributed by atoms with Crippen molar-refractivity contribution >= 4 is 11.0 Å². The first kappa shape index (κ1) is 20.0. The minimum absolute atomic E-state index is 0. The van der Waals surface area contributed by atoms with E-state index in [1.165, 1.54) is 5.56 Å². The normalized spacial score (nSPS) is 12.2. The van der Waals surface area contributed by atoms with Crippen LogP contribution in [-0.2, 0) is 5.41 Å². The van der Waals surface area contributed by atoms with Crippen molar-refractivity contribution in [3.8, 4) is 11.4 Å². The molecule has 0 saturated carbocycles. The van der Waals surface area contributed by atoms with Crippen molar-refractivity contribution in [2.45, 2.75) is 60.8 Å². The van der Waals surface area contributed by atoms with Crippen molar-refractivity contribution in [2.24, 2.45) is 5.41 Å². The van der Waals surface area contributed by atoms with E-state index in [0.29, 0.717) is 5.69 Å². The van der Waals surface area contributed by atoms with Crippen molar-refractivity contribution in [1.29, 1.82) is 0 Å². The first-order chi connectivity index (χ1) is 11.6. The lowest BCUT2D eigenvalue weighted by Gasteiger charge is -2.33. The quantitative estimate of drug-likeness (QED) is 0.649. The van der Waals surface area contributed by atoms with Crippen molar-refractivity contribution < 1.29 is 5.11 Å². The fraction of sp³-hybridized carbons (Fsp3) is 0.455. The molecule has 2 aromatic carbocycles. The lowest BCUT2D eigenvalue weighted by molar-refractivity contribution is 0.284. The zero-order valence-electron chi connectivity index (χ0n) is 16.0. The van der Waals surface area contributed by atoms with Crippen LogP contribution < -0.4 is 0 Å². The molecule has 0 spiro atoms. The Kier molecular flexibility index (Phi) is 5.18. The van der Waals surface area contributed by atoms with Gasteiger partial charge in [-0.25, -0.2) is 0 Å². The van der Waals surface area contributed by atoms with Crippen molar-refractivity contribution in [3.05, 3.63) is 47.5 Å². The maximum Gasteiger partial charge on any atom is 0.146 e. The van der Waals surface area contributed by atoms with Crippen molar-refractivity contribution in [1.82, 2.24) is 15.0 Å². The molecule has 0 unspecified atom stereocenters. The zero-order chi connectivity index (χ0) is 18.4. The number of rotatable bonds is 3. The average Bonchev–Trinajstić information content (AvgIpc) is 2.90. The standard InChI is InChI=1S/C21H27N3O.CH4/c1-14-11-15(21(5,6)13-20(2,3)4)12-18(19(14)25)24-22-16-9-7-8-10-17(16)23-24;/h7-12,25H,13H2,1-6H3;1H4. The maximum atomic E-state index is 10.6. The van der Waals surface area contributed by atoms with E-state index in [0.717, 1.165) is 23.0 Å². The van der Waals surface area contributed by atoms with Gasteiger partial charge >= 0.3 is 0 Å². The van der Waals surface area contributed by atoms with Crippen LogP contribution in [0.2, 0.25) is 0 Å². The lowest BCUT2D eigenvalue weighted by Crippen LogP contribution is -2.25. The lowest BCUT2D eigenvalue weighted by atomic mass is 9.72. The van der Waals surface area contributed by atoms with Crippen molar-refractivity contribution in [2.75, 3.05) is 0 Å². The number of hydrogen-bond donors (Lipinski definition) is 1. The molecule has 3 rings (SSSR count). The van der Waals surface area contributed by atoms with Gasteiger partial charge in [-0.05, 0) is 53.5 Å². The molecular weight excluding hydrogens is 322 g/mol. The predicted octanol–water partition coefficient (Wildman–Crippen LogP) is 5.78. The summed E-state index contributed by atoms with van der Waals surface area (Å²) in [6, 6.07) is 11.8. The summed E-state index contributed by atoms with van der Waals surface area (Å²) in [6.07, 6.45) is 1.04. The molecule has 26 heavy (non-hydrogen) atoms. The van der Waals surface area contributed by atoms with Gasteiger partial charge in [0.25, 0.3) is 0 Å². The number of aryl methyl sites for hydroxylation is 1. The summed E-state index contributed by atoms with van der Waals surface area (Å²) in [4.78, 5) is 1.55. The van der Waals surface area contributed by atoms with Crippen LogP contribution in [0, 0.1) is 12.3 Å². The van der Waals surface area contributed by atoms with E-state index in [2.05, 4.69) is 50.9 Å². The number of phenolic OH excluding ortho intramolecular Hbond substituents is 1. The number of hydrogen-bond acceptors (Lipinski definition) is 3. The number of benzene rings is 2. The molecule has 0 atom stereocenters. The van der Waals surface area contributed by atoms with E-state index in [9.17, 15) is 5.11 Å². The van der Waals surface area contributed by atoms with Gasteiger partial charge in [0.15, 0.2) is 0 Å². The number of aromatic nitrogens is 3. The van der Waals surface area contributed by atoms with E-state index in [-0.39, 0.29) is 24.0 Å². The van der Waals surface area contributed by atoms with E-state index < -0.39 is 0 Å². The van der Waals surface area contributed by atoms with E-state index in [1.807, 2.05) is 37.3 Å². The van der Waals surface area contributed by atoms with Gasteiger partial charge in [0.05, 0.1) is 0 Å². The Hall–Kier alpha value is -2.36. The van der Waals surface area contributed by atoms with E-state index >= 15 is 0 Å². The Balaban J connectivity index is 0.00000243. The molecule has 1 heterocycles. The summed E-state index contributed by atoms with van der Waals surface area (Å²) in [5, 5.41) is 19.7. The summed E-state index contributed by atoms with van der Waals surface area (Å²) in [7, 11) is 0. The van der Waals surface area contributed by atoms with Gasteiger partial charge in [0.2, 0.25) is 0 Å². The second-order valence-electron chi connectivity index (χ2n) is 8.76. The smallest absolute Gasteiger partial charge is 0.146 e. The molecule has 0 aliphatic heterocycles. The Morgan fingerprint density at radius 3 is 2.00 bits per heavy atom. The molecule has 0 fully saturated rings. The molecule has 4 nitrogen and oxygen atoms in total. The fourth-order valence-electron chi connectivity index (χ4n) is 3.70. The third kappa shape index (κ3) is 3.90. The van der Waals surface area contributed by atoms with Crippen LogP contribution in [0.25, 0.3) is 16.7 Å². The Labute approximate surface area is 156 Å². The van der Waals surface area contributed by atoms with Gasteiger partial charge < -0.3 is 5.11 Å². The third-order valence-electron chi connectivity index (χ3n) is 4.54. The highest BCUT2D eigenvalue weighted by molar-refractivity contribution is 5.73. The number of aromatic hydroxyl groups is 1. The van der Waals surface area contributed by atoms with Crippen LogP contribution in [0.4, 0.5) is 0 Å². The third-order valence-corrected chi connectivity index (χ3v) is 4.54. The second kappa shape index (κ2) is 6.75. The molecule has 1 N–H and O–H groups in total. The Morgan fingerprint density at radius 1 is 0.962 bits per heavy atom. The maximum absolute atomic E-state index is 10.6. The number of fused-ring (bicyclic) bond motifs is 1. The minimum atomic E-state index is -0.0158. The molecule has 3 aromatic rings. The van der Waals surface area contributed by atoms with Crippen molar-refractivity contribution in [3.63, 3.8) is 0 Å². The first-order valence-corrected chi connectivity index (χ1v) is 8.73. The van der Waals surface area contributed by atoms with Crippen LogP contribution >= 0.6 is 0 Å². The number of nitrogens with zero attached hydrogens (tertiary/aromatic N) is 3. The summed E-state index contributed by atoms with van der Waals surface area (Å²) in [6.45, 7) is 13.2. The summed E-state index contributed by atoms with van der Waals surface area (Å²) in [5.74, 6) is 0.232. The topological polar surface area (TPSA) is 50.9 Å². The Bertz CT molecular complexity index is 884. The number of phenols is 1. The molecule has 1 aromatic heterocycles. The second-order valence-corrected chi connectivity index (χ2v) is 8.76. The predicted molar refractivity (Wildman–Crippen MR) is 109 cm³/mol. The van der Waals surface area contributed by atoms with Gasteiger partial charge in [0.1, 0.15) is 22.5 Å². The highest BCUT2D eigenvalue weighted by Crippen LogP contribution is 2.39. The van der Waals surface area contributed by atoms with Crippen LogP contribution in [0.5, 0.6) is 5.75 Å². The van der Waals surface area contributed by atoms with E-state index in [4.69, 9.17) is 0 Å². The monoisotopic (exact) mass is 353 g/mol. The summed E-state index contributed by atoms with van der Waals surface area (Å²) < 4.78 is 0. The first-order valence-electron chi connectivity index (χ1n) is 8.73. The van der Waals surface area contributed by atoms with Crippen LogP contribution in [0.1, 0.15) is 59.6 Å². The fourth-order valence-corrected chi connectivity index (χ4v) is 3.70. The highest BCUT2D eigenvalue weighted by atomic mass is 16.3. The summed E-state index contributed by atoms with van der Waals surface area (Å²) >= 11 is 0. The zero-order valence-corrected chi connectivity index (χ0v) is 16.0. The molecule has 140 valence electrons. The Morgan fingerprint density at radius 2 is 1.50 bits per heavy atom. The molecule has 0 aliphatic carbocycles. The molecular formula is C22H31N3O. The van der Waals surface area contributed by atoms with Crippen LogP contribution in [0.15, 0.2) is 36.4 Å². The summed E-state index contributed by atoms with van der Waals surface area (Å²) in [5.41, 5.74) is 4.50. The van der Waals surface area contributed by atoms with Crippen LogP contribution in [-0.4, -0.2) is 20.1 Å². The molecule has 0 aliphatic rings. The average molecular weight is 354 g/mol. The highest BCUT2D eigenvalue weighted by Gasteiger charge is 2.29. The SMILES string of the molecule is C.Cc1cc(C(C)(C)CC(C)(C)C)cc(-n2nc3ccccc3n2)c1O. The van der Waals surface area contributed by atoms with E-state index in [1.54, 1.807) is 4.80 Å². The van der Waals surface area contributed by atoms with Crippen LogP contribution in [0.3, 0.4) is 0 Å².